The summed E-state index contributed by atoms with van der Waals surface area (Å²) in [4.78, 5) is 12.4. The second-order valence-electron chi connectivity index (χ2n) is 8.01. The lowest BCUT2D eigenvalue weighted by atomic mass is 9.77. The maximum atomic E-state index is 13.5. The van der Waals surface area contributed by atoms with Crippen LogP contribution in [-0.2, 0) is 11.8 Å². The molecule has 0 bridgehead atoms. The average Bonchev–Trinajstić information content (AvgIpc) is 2.85. The number of aromatic nitrogens is 2. The minimum Gasteiger partial charge on any atom is -0.308 e. The number of benzene rings is 1. The molecular weight excluding hydrogens is 374 g/mol. The lowest BCUT2D eigenvalue weighted by Gasteiger charge is -2.35. The van der Waals surface area contributed by atoms with E-state index in [2.05, 4.69) is 10.4 Å². The topological polar surface area (TPSA) is 46.9 Å². The van der Waals surface area contributed by atoms with Crippen LogP contribution >= 0.6 is 0 Å². The molecule has 1 aromatic carbocycles. The van der Waals surface area contributed by atoms with Crippen molar-refractivity contribution in [3.63, 3.8) is 0 Å². The molecule has 4 nitrogen and oxygen atoms in total. The van der Waals surface area contributed by atoms with Gasteiger partial charge in [0.05, 0.1) is 5.69 Å². The normalized spacial score (nSPS) is 21.1. The Morgan fingerprint density at radius 1 is 1.14 bits per heavy atom. The maximum Gasteiger partial charge on any atom is 0.249 e. The van der Waals surface area contributed by atoms with Crippen molar-refractivity contribution in [3.05, 3.63) is 35.5 Å². The van der Waals surface area contributed by atoms with E-state index < -0.39 is 36.5 Å². The molecule has 1 heterocycles. The molecule has 28 heavy (non-hydrogen) atoms. The van der Waals surface area contributed by atoms with Crippen molar-refractivity contribution >= 4 is 11.7 Å². The first-order chi connectivity index (χ1) is 13.0. The van der Waals surface area contributed by atoms with Gasteiger partial charge < -0.3 is 5.32 Å². The molecule has 0 atom stereocenters. The molecule has 2 aliphatic rings. The van der Waals surface area contributed by atoms with E-state index in [1.807, 2.05) is 31.2 Å². The van der Waals surface area contributed by atoms with Crippen LogP contribution in [0.15, 0.2) is 24.3 Å². The van der Waals surface area contributed by atoms with Crippen LogP contribution in [-0.4, -0.2) is 27.5 Å². The molecule has 2 aliphatic carbocycles. The summed E-state index contributed by atoms with van der Waals surface area (Å²) in [5.41, 5.74) is 2.95. The molecule has 150 valence electrons. The molecule has 0 aliphatic heterocycles. The molecule has 2 fully saturated rings. The SMILES string of the molecule is Cc1cccc(-c2c(NC(=O)C3CC(F)(F)C3)nn(C)c2C2CC(F)(F)C2)c1. The summed E-state index contributed by atoms with van der Waals surface area (Å²) in [6, 6.07) is 7.47. The standard InChI is InChI=1S/C20H21F4N3O/c1-11-4-3-5-12(6-11)15-16(13-7-19(21,22)8-13)27(2)26-17(15)25-18(28)14-9-20(23,24)10-14/h3-6,13-14H,7-10H2,1-2H3,(H,25,26,28). The summed E-state index contributed by atoms with van der Waals surface area (Å²) in [6.45, 7) is 1.91. The Labute approximate surface area is 159 Å². The Morgan fingerprint density at radius 3 is 2.36 bits per heavy atom. The molecule has 1 amide bonds. The number of hydrogen-bond donors (Lipinski definition) is 1. The van der Waals surface area contributed by atoms with E-state index in [-0.39, 0.29) is 24.6 Å². The Hall–Kier alpha value is -2.38. The Balaban J connectivity index is 1.69. The quantitative estimate of drug-likeness (QED) is 0.749. The minimum atomic E-state index is -2.80. The van der Waals surface area contributed by atoms with Gasteiger partial charge in [-0.05, 0) is 12.5 Å². The van der Waals surface area contributed by atoms with Gasteiger partial charge in [-0.1, -0.05) is 29.8 Å². The van der Waals surface area contributed by atoms with E-state index in [1.54, 1.807) is 7.05 Å². The number of anilines is 1. The van der Waals surface area contributed by atoms with Gasteiger partial charge in [-0.15, -0.1) is 0 Å². The molecular formula is C20H21F4N3O. The van der Waals surface area contributed by atoms with Crippen molar-refractivity contribution in [2.24, 2.45) is 13.0 Å². The number of amides is 1. The molecule has 8 heteroatoms. The molecule has 2 saturated carbocycles. The Bertz CT molecular complexity index is 922. The van der Waals surface area contributed by atoms with Gasteiger partial charge in [-0.25, -0.2) is 17.6 Å². The van der Waals surface area contributed by atoms with Crippen molar-refractivity contribution in [1.82, 2.24) is 9.78 Å². The molecule has 1 N–H and O–H groups in total. The summed E-state index contributed by atoms with van der Waals surface area (Å²) in [5, 5.41) is 7.00. The van der Waals surface area contributed by atoms with Crippen molar-refractivity contribution in [2.45, 2.75) is 50.4 Å². The van der Waals surface area contributed by atoms with Crippen LogP contribution < -0.4 is 5.32 Å². The molecule has 0 spiro atoms. The molecule has 4 rings (SSSR count). The van der Waals surface area contributed by atoms with Gasteiger partial charge in [-0.2, -0.15) is 5.10 Å². The number of aryl methyl sites for hydroxylation is 2. The van der Waals surface area contributed by atoms with E-state index in [1.165, 1.54) is 4.68 Å². The Morgan fingerprint density at radius 2 is 1.79 bits per heavy atom. The fraction of sp³-hybridized carbons (Fsp3) is 0.500. The number of carbonyl (C=O) groups is 1. The fourth-order valence-electron chi connectivity index (χ4n) is 4.10. The number of halogens is 4. The maximum absolute atomic E-state index is 13.5. The third kappa shape index (κ3) is 3.40. The van der Waals surface area contributed by atoms with Crippen LogP contribution in [0.2, 0.25) is 0 Å². The van der Waals surface area contributed by atoms with Crippen LogP contribution in [0.25, 0.3) is 11.1 Å². The minimum absolute atomic E-state index is 0.235. The zero-order chi connectivity index (χ0) is 20.3. The second-order valence-corrected chi connectivity index (χ2v) is 8.01. The molecule has 0 unspecified atom stereocenters. The van der Waals surface area contributed by atoms with E-state index in [9.17, 15) is 22.4 Å². The highest BCUT2D eigenvalue weighted by Crippen LogP contribution is 2.51. The third-order valence-corrected chi connectivity index (χ3v) is 5.58. The van der Waals surface area contributed by atoms with Gasteiger partial charge in [0.15, 0.2) is 5.82 Å². The van der Waals surface area contributed by atoms with Gasteiger partial charge >= 0.3 is 0 Å². The van der Waals surface area contributed by atoms with Crippen molar-refractivity contribution < 1.29 is 22.4 Å². The van der Waals surface area contributed by atoms with E-state index in [0.717, 1.165) is 11.1 Å². The number of rotatable bonds is 4. The van der Waals surface area contributed by atoms with Crippen LogP contribution in [0.1, 0.15) is 42.9 Å². The summed E-state index contributed by atoms with van der Waals surface area (Å²) >= 11 is 0. The summed E-state index contributed by atoms with van der Waals surface area (Å²) in [7, 11) is 1.65. The fourth-order valence-corrected chi connectivity index (χ4v) is 4.10. The monoisotopic (exact) mass is 395 g/mol. The van der Waals surface area contributed by atoms with Gasteiger partial charge in [0.25, 0.3) is 0 Å². The number of alkyl halides is 4. The third-order valence-electron chi connectivity index (χ3n) is 5.58. The van der Waals surface area contributed by atoms with Crippen LogP contribution in [0, 0.1) is 12.8 Å². The number of hydrogen-bond acceptors (Lipinski definition) is 2. The number of nitrogens with zero attached hydrogens (tertiary/aromatic N) is 2. The van der Waals surface area contributed by atoms with Crippen LogP contribution in [0.3, 0.4) is 0 Å². The zero-order valence-electron chi connectivity index (χ0n) is 15.6. The lowest BCUT2D eigenvalue weighted by Crippen LogP contribution is -2.42. The Kier molecular flexibility index (Phi) is 4.28. The van der Waals surface area contributed by atoms with Crippen molar-refractivity contribution in [3.8, 4) is 11.1 Å². The molecule has 2 aromatic rings. The molecule has 1 aromatic heterocycles. The van der Waals surface area contributed by atoms with E-state index in [4.69, 9.17) is 0 Å². The average molecular weight is 395 g/mol. The van der Waals surface area contributed by atoms with Gasteiger partial charge in [0.1, 0.15) is 0 Å². The lowest BCUT2D eigenvalue weighted by molar-refractivity contribution is -0.145. The largest absolute Gasteiger partial charge is 0.308 e. The summed E-state index contributed by atoms with van der Waals surface area (Å²) < 4.78 is 54.7. The van der Waals surface area contributed by atoms with Crippen LogP contribution in [0.5, 0.6) is 0 Å². The highest BCUT2D eigenvalue weighted by molar-refractivity contribution is 5.96. The first kappa shape index (κ1) is 19.0. The number of carbonyl (C=O) groups excluding carboxylic acids is 1. The highest BCUT2D eigenvalue weighted by atomic mass is 19.3. The number of nitrogens with one attached hydrogen (secondary N) is 1. The van der Waals surface area contributed by atoms with E-state index in [0.29, 0.717) is 11.3 Å². The summed E-state index contributed by atoms with van der Waals surface area (Å²) in [6.07, 6.45) is -1.50. The van der Waals surface area contributed by atoms with Crippen molar-refractivity contribution in [1.29, 1.82) is 0 Å². The highest BCUT2D eigenvalue weighted by Gasteiger charge is 2.50. The van der Waals surface area contributed by atoms with Crippen molar-refractivity contribution in [2.75, 3.05) is 5.32 Å². The van der Waals surface area contributed by atoms with E-state index >= 15 is 0 Å². The van der Waals surface area contributed by atoms with Gasteiger partial charge in [0, 0.05) is 50.1 Å². The predicted octanol–water partition coefficient (Wildman–Crippen LogP) is 4.89. The second kappa shape index (κ2) is 6.32. The van der Waals surface area contributed by atoms with Crippen LogP contribution in [0.4, 0.5) is 23.4 Å². The molecule has 0 radical (unpaired) electrons. The van der Waals surface area contributed by atoms with Gasteiger partial charge in [0.2, 0.25) is 17.8 Å². The first-order valence-corrected chi connectivity index (χ1v) is 9.25. The smallest absolute Gasteiger partial charge is 0.249 e. The first-order valence-electron chi connectivity index (χ1n) is 9.25. The predicted molar refractivity (Wildman–Crippen MR) is 96.6 cm³/mol. The zero-order valence-corrected chi connectivity index (χ0v) is 15.6. The summed E-state index contributed by atoms with van der Waals surface area (Å²) in [5.74, 6) is -6.91. The molecule has 0 saturated heterocycles. The van der Waals surface area contributed by atoms with Gasteiger partial charge in [-0.3, -0.25) is 9.48 Å².